The van der Waals surface area contributed by atoms with Crippen LogP contribution < -0.4 is 5.32 Å². The lowest BCUT2D eigenvalue weighted by Crippen LogP contribution is -2.26. The van der Waals surface area contributed by atoms with E-state index in [1.807, 2.05) is 25.1 Å². The molecule has 1 aromatic rings. The maximum atomic E-state index is 13.0. The van der Waals surface area contributed by atoms with E-state index in [0.29, 0.717) is 13.0 Å². The lowest BCUT2D eigenvalue weighted by Gasteiger charge is -2.16. The molecule has 2 atom stereocenters. The number of halogens is 2. The van der Waals surface area contributed by atoms with Gasteiger partial charge in [-0.05, 0) is 37.9 Å². The Bertz CT molecular complexity index is 354. The third-order valence-corrected chi connectivity index (χ3v) is 3.35. The van der Waals surface area contributed by atoms with Crippen LogP contribution in [-0.2, 0) is 0 Å². The third-order valence-electron chi connectivity index (χ3n) is 3.35. The summed E-state index contributed by atoms with van der Waals surface area (Å²) in [4.78, 5) is 4.24. The Balaban J connectivity index is 1.79. The summed E-state index contributed by atoms with van der Waals surface area (Å²) in [6.07, 6.45) is 2.43. The third kappa shape index (κ3) is 3.46. The van der Waals surface area contributed by atoms with Gasteiger partial charge in [-0.15, -0.1) is 0 Å². The van der Waals surface area contributed by atoms with Crippen LogP contribution in [0.25, 0.3) is 0 Å². The van der Waals surface area contributed by atoms with Crippen LogP contribution in [0.3, 0.4) is 0 Å². The predicted molar refractivity (Wildman–Crippen MR) is 62.9 cm³/mol. The summed E-state index contributed by atoms with van der Waals surface area (Å²) in [5, 5.41) is 3.28. The van der Waals surface area contributed by atoms with Gasteiger partial charge in [-0.1, -0.05) is 6.07 Å². The first-order valence-electron chi connectivity index (χ1n) is 6.09. The van der Waals surface area contributed by atoms with Crippen molar-refractivity contribution in [1.29, 1.82) is 0 Å². The second kappa shape index (κ2) is 5.08. The molecule has 0 aliphatic heterocycles. The zero-order valence-corrected chi connectivity index (χ0v) is 10.00. The van der Waals surface area contributed by atoms with Crippen molar-refractivity contribution in [2.75, 3.05) is 6.54 Å². The largest absolute Gasteiger partial charge is 0.309 e. The minimum Gasteiger partial charge on any atom is -0.309 e. The van der Waals surface area contributed by atoms with E-state index < -0.39 is 5.92 Å². The van der Waals surface area contributed by atoms with E-state index in [4.69, 9.17) is 0 Å². The number of aromatic nitrogens is 1. The van der Waals surface area contributed by atoms with E-state index in [1.165, 1.54) is 0 Å². The van der Waals surface area contributed by atoms with Crippen LogP contribution in [-0.4, -0.2) is 17.5 Å². The summed E-state index contributed by atoms with van der Waals surface area (Å²) in [7, 11) is 0. The molecule has 1 saturated carbocycles. The fraction of sp³-hybridized carbons (Fsp3) is 0.615. The number of nitrogens with one attached hydrogen (secondary N) is 1. The highest BCUT2D eigenvalue weighted by Gasteiger charge is 2.39. The molecule has 2 unspecified atom stereocenters. The van der Waals surface area contributed by atoms with Crippen LogP contribution in [0.1, 0.15) is 37.9 Å². The van der Waals surface area contributed by atoms with E-state index >= 15 is 0 Å². The highest BCUT2D eigenvalue weighted by Crippen LogP contribution is 2.38. The molecule has 94 valence electrons. The average molecular weight is 240 g/mol. The van der Waals surface area contributed by atoms with E-state index in [-0.39, 0.29) is 24.8 Å². The van der Waals surface area contributed by atoms with Gasteiger partial charge in [0.25, 0.3) is 0 Å². The van der Waals surface area contributed by atoms with Crippen molar-refractivity contribution in [3.8, 4) is 0 Å². The predicted octanol–water partition coefficient (Wildman–Crippen LogP) is 3.17. The first kappa shape index (κ1) is 12.4. The lowest BCUT2D eigenvalue weighted by molar-refractivity contribution is 0.00500. The standard InChI is InChI=1S/C13H18F2N2/c1-10(12-4-2-3-7-16-12)17-9-11-5-6-13(14,15)8-11/h2-4,7,10-11,17H,5-6,8-9H2,1H3. The Labute approximate surface area is 100 Å². The van der Waals surface area contributed by atoms with Gasteiger partial charge in [0.1, 0.15) is 0 Å². The number of pyridine rings is 1. The first-order chi connectivity index (χ1) is 8.07. The fourth-order valence-electron chi connectivity index (χ4n) is 2.30. The number of alkyl halides is 2. The van der Waals surface area contributed by atoms with Crippen LogP contribution in [0.5, 0.6) is 0 Å². The monoisotopic (exact) mass is 240 g/mol. The van der Waals surface area contributed by atoms with Gasteiger partial charge in [-0.25, -0.2) is 8.78 Å². The number of nitrogens with zero attached hydrogens (tertiary/aromatic N) is 1. The molecule has 0 amide bonds. The molecule has 17 heavy (non-hydrogen) atoms. The average Bonchev–Trinajstić information content (AvgIpc) is 2.67. The zero-order chi connectivity index (χ0) is 12.3. The minimum absolute atomic E-state index is 0.0228. The van der Waals surface area contributed by atoms with Gasteiger partial charge in [-0.3, -0.25) is 4.98 Å². The Morgan fingerprint density at radius 1 is 1.53 bits per heavy atom. The zero-order valence-electron chi connectivity index (χ0n) is 10.00. The number of hydrogen-bond donors (Lipinski definition) is 1. The van der Waals surface area contributed by atoms with Gasteiger partial charge < -0.3 is 5.32 Å². The molecule has 2 nitrogen and oxygen atoms in total. The smallest absolute Gasteiger partial charge is 0.248 e. The summed E-state index contributed by atoms with van der Waals surface area (Å²) in [6, 6.07) is 5.87. The molecule has 4 heteroatoms. The molecular formula is C13H18F2N2. The molecule has 0 radical (unpaired) electrons. The maximum absolute atomic E-state index is 13.0. The Hall–Kier alpha value is -1.03. The minimum atomic E-state index is -2.44. The molecule has 2 rings (SSSR count). The van der Waals surface area contributed by atoms with Gasteiger partial charge in [-0.2, -0.15) is 0 Å². The Morgan fingerprint density at radius 3 is 2.94 bits per heavy atom. The van der Waals surface area contributed by atoms with Gasteiger partial charge in [0.15, 0.2) is 0 Å². The lowest BCUT2D eigenvalue weighted by atomic mass is 10.1. The molecule has 1 aromatic heterocycles. The molecule has 1 heterocycles. The van der Waals surface area contributed by atoms with Gasteiger partial charge in [0, 0.05) is 25.1 Å². The normalized spacial score (nSPS) is 24.8. The fourth-order valence-corrected chi connectivity index (χ4v) is 2.30. The van der Waals surface area contributed by atoms with Crippen LogP contribution in [0, 0.1) is 5.92 Å². The number of hydrogen-bond acceptors (Lipinski definition) is 2. The molecule has 0 aromatic carbocycles. The number of rotatable bonds is 4. The van der Waals surface area contributed by atoms with Crippen molar-refractivity contribution in [3.05, 3.63) is 30.1 Å². The topological polar surface area (TPSA) is 24.9 Å². The van der Waals surface area contributed by atoms with Crippen molar-refractivity contribution in [3.63, 3.8) is 0 Å². The van der Waals surface area contributed by atoms with Gasteiger partial charge in [0.2, 0.25) is 5.92 Å². The summed E-state index contributed by atoms with van der Waals surface area (Å²) in [5.74, 6) is -2.35. The molecule has 0 bridgehead atoms. The Morgan fingerprint density at radius 2 is 2.35 bits per heavy atom. The quantitative estimate of drug-likeness (QED) is 0.874. The van der Waals surface area contributed by atoms with Crippen molar-refractivity contribution < 1.29 is 8.78 Å². The van der Waals surface area contributed by atoms with E-state index in [2.05, 4.69) is 10.3 Å². The maximum Gasteiger partial charge on any atom is 0.248 e. The van der Waals surface area contributed by atoms with Crippen molar-refractivity contribution in [2.45, 2.75) is 38.2 Å². The molecule has 1 aliphatic rings. The molecule has 1 fully saturated rings. The molecule has 1 N–H and O–H groups in total. The molecule has 0 spiro atoms. The van der Waals surface area contributed by atoms with Crippen LogP contribution in [0.2, 0.25) is 0 Å². The second-order valence-electron chi connectivity index (χ2n) is 4.85. The van der Waals surface area contributed by atoms with E-state index in [0.717, 1.165) is 5.69 Å². The summed E-state index contributed by atoms with van der Waals surface area (Å²) >= 11 is 0. The molecule has 1 aliphatic carbocycles. The van der Waals surface area contributed by atoms with E-state index in [1.54, 1.807) is 6.20 Å². The summed E-state index contributed by atoms with van der Waals surface area (Å²) in [6.45, 7) is 2.66. The Kier molecular flexibility index (Phi) is 3.72. The van der Waals surface area contributed by atoms with Crippen LogP contribution >= 0.6 is 0 Å². The molecule has 0 saturated heterocycles. The van der Waals surface area contributed by atoms with Crippen LogP contribution in [0.4, 0.5) is 8.78 Å². The van der Waals surface area contributed by atoms with Crippen molar-refractivity contribution in [2.24, 2.45) is 5.92 Å². The van der Waals surface area contributed by atoms with Gasteiger partial charge >= 0.3 is 0 Å². The van der Waals surface area contributed by atoms with Crippen LogP contribution in [0.15, 0.2) is 24.4 Å². The van der Waals surface area contributed by atoms with Gasteiger partial charge in [0.05, 0.1) is 5.69 Å². The first-order valence-corrected chi connectivity index (χ1v) is 6.09. The highest BCUT2D eigenvalue weighted by molar-refractivity contribution is 5.07. The summed E-state index contributed by atoms with van der Waals surface area (Å²) < 4.78 is 26.0. The summed E-state index contributed by atoms with van der Waals surface area (Å²) in [5.41, 5.74) is 0.956. The molecular weight excluding hydrogens is 222 g/mol. The SMILES string of the molecule is CC(NCC1CCC(F)(F)C1)c1ccccn1. The van der Waals surface area contributed by atoms with E-state index in [9.17, 15) is 8.78 Å². The van der Waals surface area contributed by atoms with Crippen molar-refractivity contribution >= 4 is 0 Å². The second-order valence-corrected chi connectivity index (χ2v) is 4.85. The van der Waals surface area contributed by atoms with Crippen molar-refractivity contribution in [1.82, 2.24) is 10.3 Å². The highest BCUT2D eigenvalue weighted by atomic mass is 19.3.